The van der Waals surface area contributed by atoms with Gasteiger partial charge in [0.05, 0.1) is 22.8 Å². The average Bonchev–Trinajstić information content (AvgIpc) is 3.04. The molecule has 0 saturated heterocycles. The van der Waals surface area contributed by atoms with E-state index in [9.17, 15) is 0 Å². The van der Waals surface area contributed by atoms with Gasteiger partial charge in [0, 0.05) is 11.3 Å². The number of hydrogen-bond donors (Lipinski definition) is 2. The molecule has 6 heteroatoms. The van der Waals surface area contributed by atoms with Crippen LogP contribution in [0.2, 0.25) is 8.67 Å². The molecule has 0 amide bonds. The summed E-state index contributed by atoms with van der Waals surface area (Å²) in [6.45, 7) is 0.625. The third kappa shape index (κ3) is 2.98. The molecule has 2 aromatic heterocycles. The van der Waals surface area contributed by atoms with Gasteiger partial charge in [0.25, 0.3) is 0 Å². The molecule has 0 radical (unpaired) electrons. The van der Waals surface area contributed by atoms with Crippen LogP contribution in [0, 0.1) is 0 Å². The first kappa shape index (κ1) is 13.5. The number of para-hydroxylation sites is 1. The number of anilines is 1. The first-order valence-corrected chi connectivity index (χ1v) is 7.57. The molecule has 0 spiro atoms. The number of benzene rings is 1. The van der Waals surface area contributed by atoms with Gasteiger partial charge in [-0.15, -0.1) is 11.3 Å². The lowest BCUT2D eigenvalue weighted by molar-refractivity contribution is 1.00. The van der Waals surface area contributed by atoms with E-state index in [1.165, 1.54) is 11.3 Å². The molecular weight excluding hydrogens is 313 g/mol. The molecule has 3 aromatic rings. The van der Waals surface area contributed by atoms with Crippen LogP contribution in [0.3, 0.4) is 0 Å². The maximum Gasteiger partial charge on any atom is 0.125 e. The summed E-state index contributed by atoms with van der Waals surface area (Å²) >= 11 is 13.4. The Morgan fingerprint density at radius 1 is 1.20 bits per heavy atom. The number of nitrogens with zero attached hydrogens (tertiary/aromatic N) is 1. The second-order valence-corrected chi connectivity index (χ2v) is 6.49. The fourth-order valence-corrected chi connectivity index (χ4v) is 3.35. The molecule has 3 rings (SSSR count). The van der Waals surface area contributed by atoms with Gasteiger partial charge >= 0.3 is 0 Å². The van der Waals surface area contributed by atoms with E-state index in [1.54, 1.807) is 6.20 Å². The molecule has 0 aliphatic rings. The van der Waals surface area contributed by atoms with Crippen LogP contribution in [0.4, 0.5) is 5.69 Å². The summed E-state index contributed by atoms with van der Waals surface area (Å²) in [4.78, 5) is 7.59. The average molecular weight is 324 g/mol. The Morgan fingerprint density at radius 3 is 2.70 bits per heavy atom. The lowest BCUT2D eigenvalue weighted by Crippen LogP contribution is -2.00. The largest absolute Gasteiger partial charge is 0.378 e. The maximum absolute atomic E-state index is 6.13. The summed E-state index contributed by atoms with van der Waals surface area (Å²) in [5.74, 6) is 0.849. The molecule has 0 unspecified atom stereocenters. The van der Waals surface area contributed by atoms with E-state index in [4.69, 9.17) is 23.2 Å². The molecule has 102 valence electrons. The zero-order valence-electron chi connectivity index (χ0n) is 10.4. The van der Waals surface area contributed by atoms with Crippen LogP contribution in [-0.4, -0.2) is 9.97 Å². The second-order valence-electron chi connectivity index (χ2n) is 4.20. The summed E-state index contributed by atoms with van der Waals surface area (Å²) < 4.78 is 1.34. The molecule has 0 atom stereocenters. The minimum absolute atomic E-state index is 0.625. The molecule has 2 heterocycles. The zero-order chi connectivity index (χ0) is 13.9. The molecule has 0 saturated carbocycles. The number of imidazole rings is 1. The fraction of sp³-hybridized carbons (Fsp3) is 0.0714. The van der Waals surface area contributed by atoms with Crippen molar-refractivity contribution in [2.24, 2.45) is 0 Å². The maximum atomic E-state index is 6.13. The molecule has 1 aromatic carbocycles. The molecule has 0 fully saturated rings. The number of aromatic nitrogens is 2. The Kier molecular flexibility index (Phi) is 3.96. The summed E-state index contributed by atoms with van der Waals surface area (Å²) in [6, 6.07) is 11.8. The van der Waals surface area contributed by atoms with Crippen LogP contribution in [0.5, 0.6) is 0 Å². The van der Waals surface area contributed by atoms with Crippen molar-refractivity contribution in [1.82, 2.24) is 9.97 Å². The molecule has 3 nitrogen and oxygen atoms in total. The van der Waals surface area contributed by atoms with Crippen molar-refractivity contribution in [2.45, 2.75) is 6.54 Å². The van der Waals surface area contributed by atoms with Gasteiger partial charge in [0.1, 0.15) is 10.2 Å². The standard InChI is InChI=1S/C14H11Cl2N3S/c15-12-6-10(14(16)20-12)11-7-18-13(19-11)8-17-9-4-2-1-3-5-9/h1-7,17H,8H2,(H,18,19). The van der Waals surface area contributed by atoms with Crippen LogP contribution in [0.25, 0.3) is 11.3 Å². The number of aromatic amines is 1. The molecular formula is C14H11Cl2N3S. The van der Waals surface area contributed by atoms with Crippen molar-refractivity contribution < 1.29 is 0 Å². The number of H-pyrrole nitrogens is 1. The normalized spacial score (nSPS) is 10.7. The Hall–Kier alpha value is -1.49. The van der Waals surface area contributed by atoms with E-state index in [2.05, 4.69) is 15.3 Å². The van der Waals surface area contributed by atoms with Gasteiger partial charge in [-0.2, -0.15) is 0 Å². The molecule has 0 aliphatic heterocycles. The van der Waals surface area contributed by atoms with Crippen LogP contribution < -0.4 is 5.32 Å². The van der Waals surface area contributed by atoms with Crippen molar-refractivity contribution in [1.29, 1.82) is 0 Å². The molecule has 0 bridgehead atoms. The predicted octanol–water partition coefficient (Wildman–Crippen LogP) is 5.06. The topological polar surface area (TPSA) is 40.7 Å². The number of thiophene rings is 1. The summed E-state index contributed by atoms with van der Waals surface area (Å²) in [5.41, 5.74) is 2.82. The van der Waals surface area contributed by atoms with Gasteiger partial charge in [-0.3, -0.25) is 0 Å². The van der Waals surface area contributed by atoms with Crippen molar-refractivity contribution in [3.05, 3.63) is 57.1 Å². The van der Waals surface area contributed by atoms with Crippen molar-refractivity contribution in [3.8, 4) is 11.3 Å². The predicted molar refractivity (Wildman–Crippen MR) is 85.7 cm³/mol. The van der Waals surface area contributed by atoms with E-state index in [-0.39, 0.29) is 0 Å². The summed E-state index contributed by atoms with van der Waals surface area (Å²) in [5, 5.41) is 3.30. The van der Waals surface area contributed by atoms with Gasteiger partial charge < -0.3 is 10.3 Å². The van der Waals surface area contributed by atoms with Crippen LogP contribution in [-0.2, 0) is 6.54 Å². The zero-order valence-corrected chi connectivity index (χ0v) is 12.7. The second kappa shape index (κ2) is 5.87. The van der Waals surface area contributed by atoms with Crippen LogP contribution >= 0.6 is 34.5 Å². The number of hydrogen-bond acceptors (Lipinski definition) is 3. The van der Waals surface area contributed by atoms with Gasteiger partial charge in [0.15, 0.2) is 0 Å². The molecule has 0 aliphatic carbocycles. The Labute approximate surface area is 130 Å². The lowest BCUT2D eigenvalue weighted by atomic mass is 10.3. The lowest BCUT2D eigenvalue weighted by Gasteiger charge is -2.03. The van der Waals surface area contributed by atoms with Gasteiger partial charge in [0.2, 0.25) is 0 Å². The minimum Gasteiger partial charge on any atom is -0.378 e. The Bertz CT molecular complexity index is 706. The van der Waals surface area contributed by atoms with E-state index < -0.39 is 0 Å². The van der Waals surface area contributed by atoms with Crippen molar-refractivity contribution in [3.63, 3.8) is 0 Å². The smallest absolute Gasteiger partial charge is 0.125 e. The first-order valence-electron chi connectivity index (χ1n) is 6.00. The van der Waals surface area contributed by atoms with Gasteiger partial charge in [-0.05, 0) is 18.2 Å². The van der Waals surface area contributed by atoms with E-state index in [0.29, 0.717) is 15.2 Å². The minimum atomic E-state index is 0.625. The van der Waals surface area contributed by atoms with Gasteiger partial charge in [-0.1, -0.05) is 41.4 Å². The third-order valence-corrected chi connectivity index (χ3v) is 4.30. The Morgan fingerprint density at radius 2 is 2.00 bits per heavy atom. The van der Waals surface area contributed by atoms with Crippen LogP contribution in [0.1, 0.15) is 5.82 Å². The SMILES string of the molecule is Clc1cc(-c2cnc(CNc3ccccc3)[nH]2)c(Cl)s1. The van der Waals surface area contributed by atoms with Crippen LogP contribution in [0.15, 0.2) is 42.6 Å². The van der Waals surface area contributed by atoms with Crippen molar-refractivity contribution in [2.75, 3.05) is 5.32 Å². The van der Waals surface area contributed by atoms with Crippen molar-refractivity contribution >= 4 is 40.2 Å². The van der Waals surface area contributed by atoms with E-state index >= 15 is 0 Å². The number of halogens is 2. The quantitative estimate of drug-likeness (QED) is 0.704. The van der Waals surface area contributed by atoms with E-state index in [0.717, 1.165) is 22.8 Å². The highest BCUT2D eigenvalue weighted by molar-refractivity contribution is 7.20. The molecule has 2 N–H and O–H groups in total. The monoisotopic (exact) mass is 323 g/mol. The Balaban J connectivity index is 1.73. The third-order valence-electron chi connectivity index (χ3n) is 2.81. The first-order chi connectivity index (χ1) is 9.72. The molecule has 20 heavy (non-hydrogen) atoms. The highest BCUT2D eigenvalue weighted by atomic mass is 35.5. The number of rotatable bonds is 4. The number of nitrogens with one attached hydrogen (secondary N) is 2. The van der Waals surface area contributed by atoms with E-state index in [1.807, 2.05) is 36.4 Å². The van der Waals surface area contributed by atoms with Gasteiger partial charge in [-0.25, -0.2) is 4.98 Å². The summed E-state index contributed by atoms with van der Waals surface area (Å²) in [7, 11) is 0. The fourth-order valence-electron chi connectivity index (χ4n) is 1.85. The highest BCUT2D eigenvalue weighted by Crippen LogP contribution is 2.37. The highest BCUT2D eigenvalue weighted by Gasteiger charge is 2.10. The summed E-state index contributed by atoms with van der Waals surface area (Å²) in [6.07, 6.45) is 1.77.